The van der Waals surface area contributed by atoms with Crippen molar-refractivity contribution in [1.29, 1.82) is 0 Å². The maximum atomic E-state index is 12.2. The number of halogens is 2. The second-order valence-corrected chi connectivity index (χ2v) is 5.69. The van der Waals surface area contributed by atoms with Gasteiger partial charge in [-0.15, -0.1) is 0 Å². The molecule has 0 aliphatic heterocycles. The molecule has 0 unspecified atom stereocenters. The molecule has 20 heavy (non-hydrogen) atoms. The average molecular weight is 315 g/mol. The van der Waals surface area contributed by atoms with Gasteiger partial charge in [0.25, 0.3) is 0 Å². The van der Waals surface area contributed by atoms with Gasteiger partial charge < -0.3 is 15.2 Å². The standard InChI is InChI=1S/C14H15Cl2NO3/c15-10-6-3-7-11(12(10)16)17-13(18)8-4-1-2-5-9(8)14(19)20/h3,6-9H,1-2,4-5H2,(H,17,18)(H,19,20)/p-1/t8-,9-/m1/s1. The molecule has 1 saturated carbocycles. The predicted molar refractivity (Wildman–Crippen MR) is 75.5 cm³/mol. The summed E-state index contributed by atoms with van der Waals surface area (Å²) in [4.78, 5) is 23.3. The van der Waals surface area contributed by atoms with E-state index in [-0.39, 0.29) is 10.9 Å². The van der Waals surface area contributed by atoms with Crippen LogP contribution in [0.3, 0.4) is 0 Å². The van der Waals surface area contributed by atoms with E-state index in [9.17, 15) is 14.7 Å². The molecule has 0 spiro atoms. The molecule has 1 fully saturated rings. The van der Waals surface area contributed by atoms with Crippen molar-refractivity contribution < 1.29 is 14.7 Å². The molecule has 108 valence electrons. The molecule has 1 aliphatic carbocycles. The molecule has 1 N–H and O–H groups in total. The maximum Gasteiger partial charge on any atom is 0.228 e. The van der Waals surface area contributed by atoms with Crippen molar-refractivity contribution in [1.82, 2.24) is 0 Å². The molecule has 0 aromatic heterocycles. The van der Waals surface area contributed by atoms with Gasteiger partial charge in [0.15, 0.2) is 0 Å². The summed E-state index contributed by atoms with van der Waals surface area (Å²) < 4.78 is 0. The fraction of sp³-hybridized carbons (Fsp3) is 0.429. The molecule has 2 rings (SSSR count). The number of benzene rings is 1. The molecule has 6 heteroatoms. The zero-order chi connectivity index (χ0) is 14.7. The summed E-state index contributed by atoms with van der Waals surface area (Å²) in [5.74, 6) is -2.82. The quantitative estimate of drug-likeness (QED) is 0.931. The van der Waals surface area contributed by atoms with Crippen LogP contribution in [-0.2, 0) is 9.59 Å². The van der Waals surface area contributed by atoms with E-state index < -0.39 is 17.8 Å². The van der Waals surface area contributed by atoms with E-state index in [1.165, 1.54) is 0 Å². The van der Waals surface area contributed by atoms with Crippen molar-refractivity contribution in [2.75, 3.05) is 5.32 Å². The van der Waals surface area contributed by atoms with Crippen LogP contribution in [-0.4, -0.2) is 11.9 Å². The Balaban J connectivity index is 2.14. The highest BCUT2D eigenvalue weighted by atomic mass is 35.5. The summed E-state index contributed by atoms with van der Waals surface area (Å²) in [5.41, 5.74) is 0.395. The zero-order valence-corrected chi connectivity index (χ0v) is 12.2. The largest absolute Gasteiger partial charge is 0.550 e. The Hall–Kier alpha value is -1.26. The summed E-state index contributed by atoms with van der Waals surface area (Å²) in [7, 11) is 0. The topological polar surface area (TPSA) is 69.2 Å². The number of hydrogen-bond donors (Lipinski definition) is 1. The molecule has 1 aromatic rings. The molecular weight excluding hydrogens is 301 g/mol. The van der Waals surface area contributed by atoms with Crippen LogP contribution in [0, 0.1) is 11.8 Å². The summed E-state index contributed by atoms with van der Waals surface area (Å²) in [6.45, 7) is 0. The lowest BCUT2D eigenvalue weighted by molar-refractivity contribution is -0.313. The van der Waals surface area contributed by atoms with E-state index in [1.54, 1.807) is 18.2 Å². The van der Waals surface area contributed by atoms with Crippen LogP contribution in [0.15, 0.2) is 18.2 Å². The lowest BCUT2D eigenvalue weighted by Crippen LogP contribution is -2.42. The number of nitrogens with one attached hydrogen (secondary N) is 1. The summed E-state index contributed by atoms with van der Waals surface area (Å²) in [5, 5.41) is 14.4. The highest BCUT2D eigenvalue weighted by Gasteiger charge is 2.32. The van der Waals surface area contributed by atoms with Gasteiger partial charge >= 0.3 is 0 Å². The van der Waals surface area contributed by atoms with Crippen molar-refractivity contribution in [3.05, 3.63) is 28.2 Å². The minimum absolute atomic E-state index is 0.253. The van der Waals surface area contributed by atoms with Gasteiger partial charge in [-0.1, -0.05) is 42.1 Å². The Morgan fingerprint density at radius 1 is 1.15 bits per heavy atom. The number of rotatable bonds is 3. The highest BCUT2D eigenvalue weighted by Crippen LogP contribution is 2.33. The molecule has 1 aliphatic rings. The van der Waals surface area contributed by atoms with Crippen molar-refractivity contribution in [3.63, 3.8) is 0 Å². The van der Waals surface area contributed by atoms with Crippen molar-refractivity contribution in [3.8, 4) is 0 Å². The van der Waals surface area contributed by atoms with Crippen LogP contribution in [0.1, 0.15) is 25.7 Å². The van der Waals surface area contributed by atoms with Crippen LogP contribution in [0.4, 0.5) is 5.69 Å². The number of carboxylic acids is 1. The van der Waals surface area contributed by atoms with E-state index in [1.807, 2.05) is 0 Å². The maximum absolute atomic E-state index is 12.2. The van der Waals surface area contributed by atoms with Crippen LogP contribution >= 0.6 is 23.2 Å². The van der Waals surface area contributed by atoms with Gasteiger partial charge in [0.05, 0.1) is 15.7 Å². The van der Waals surface area contributed by atoms with Gasteiger partial charge in [-0.2, -0.15) is 0 Å². The second kappa shape index (κ2) is 6.46. The van der Waals surface area contributed by atoms with Crippen molar-refractivity contribution >= 4 is 40.8 Å². The lowest BCUT2D eigenvalue weighted by atomic mass is 9.78. The third-order valence-electron chi connectivity index (χ3n) is 3.61. The van der Waals surface area contributed by atoms with E-state index in [0.717, 1.165) is 12.8 Å². The first-order valence-corrected chi connectivity index (χ1v) is 7.22. The minimum atomic E-state index is -1.16. The third kappa shape index (κ3) is 3.25. The molecule has 2 atom stereocenters. The number of carboxylic acid groups (broad SMARTS) is 1. The fourth-order valence-corrected chi connectivity index (χ4v) is 2.90. The molecular formula is C14H14Cl2NO3-. The molecule has 1 amide bonds. The van der Waals surface area contributed by atoms with E-state index in [2.05, 4.69) is 5.32 Å². The van der Waals surface area contributed by atoms with Crippen molar-refractivity contribution in [2.45, 2.75) is 25.7 Å². The minimum Gasteiger partial charge on any atom is -0.550 e. The summed E-state index contributed by atoms with van der Waals surface area (Å²) >= 11 is 11.9. The van der Waals surface area contributed by atoms with Gasteiger partial charge in [-0.3, -0.25) is 4.79 Å². The van der Waals surface area contributed by atoms with Gasteiger partial charge in [0.1, 0.15) is 0 Å². The Labute approximate surface area is 127 Å². The number of hydrogen-bond acceptors (Lipinski definition) is 3. The van der Waals surface area contributed by atoms with Crippen LogP contribution < -0.4 is 10.4 Å². The van der Waals surface area contributed by atoms with E-state index in [0.29, 0.717) is 23.6 Å². The van der Waals surface area contributed by atoms with Crippen LogP contribution in [0.5, 0.6) is 0 Å². The molecule has 4 nitrogen and oxygen atoms in total. The Morgan fingerprint density at radius 2 is 1.80 bits per heavy atom. The first-order valence-electron chi connectivity index (χ1n) is 6.46. The smallest absolute Gasteiger partial charge is 0.228 e. The van der Waals surface area contributed by atoms with Gasteiger partial charge in [0.2, 0.25) is 5.91 Å². The van der Waals surface area contributed by atoms with Gasteiger partial charge in [0, 0.05) is 17.8 Å². The zero-order valence-electron chi connectivity index (χ0n) is 10.7. The van der Waals surface area contributed by atoms with Crippen LogP contribution in [0.2, 0.25) is 10.0 Å². The number of carbonyl (C=O) groups excluding carboxylic acids is 2. The molecule has 0 radical (unpaired) electrons. The lowest BCUT2D eigenvalue weighted by Gasteiger charge is -2.31. The first-order chi connectivity index (χ1) is 9.50. The molecule has 0 saturated heterocycles. The molecule has 1 aromatic carbocycles. The predicted octanol–water partition coefficient (Wildman–Crippen LogP) is 2.49. The molecule has 0 heterocycles. The SMILES string of the molecule is O=C([O-])[C@@H]1CCCC[C@H]1C(=O)Nc1cccc(Cl)c1Cl. The Kier molecular flexibility index (Phi) is 4.89. The monoisotopic (exact) mass is 314 g/mol. The van der Waals surface area contributed by atoms with Gasteiger partial charge in [-0.25, -0.2) is 0 Å². The highest BCUT2D eigenvalue weighted by molar-refractivity contribution is 6.44. The van der Waals surface area contributed by atoms with E-state index in [4.69, 9.17) is 23.2 Å². The van der Waals surface area contributed by atoms with Crippen molar-refractivity contribution in [2.24, 2.45) is 11.8 Å². The number of amides is 1. The number of aliphatic carboxylic acids is 1. The average Bonchev–Trinajstić information content (AvgIpc) is 2.43. The first kappa shape index (κ1) is 15.1. The van der Waals surface area contributed by atoms with Gasteiger partial charge in [-0.05, 0) is 25.0 Å². The Bertz CT molecular complexity index is 533. The second-order valence-electron chi connectivity index (χ2n) is 4.91. The number of anilines is 1. The van der Waals surface area contributed by atoms with E-state index >= 15 is 0 Å². The summed E-state index contributed by atoms with van der Waals surface area (Å²) in [6.07, 6.45) is 2.66. The third-order valence-corrected chi connectivity index (χ3v) is 4.43. The molecule has 0 bridgehead atoms. The Morgan fingerprint density at radius 3 is 2.45 bits per heavy atom. The normalized spacial score (nSPS) is 22.3. The number of carbonyl (C=O) groups is 2. The fourth-order valence-electron chi connectivity index (χ4n) is 2.55. The van der Waals surface area contributed by atoms with Crippen LogP contribution in [0.25, 0.3) is 0 Å². The summed E-state index contributed by atoms with van der Waals surface area (Å²) in [6, 6.07) is 4.91.